The van der Waals surface area contributed by atoms with Crippen LogP contribution in [-0.2, 0) is 33.2 Å². The molecule has 2 N–H and O–H groups in total. The number of amides is 2. The van der Waals surface area contributed by atoms with Crippen molar-refractivity contribution in [1.82, 2.24) is 15.1 Å². The van der Waals surface area contributed by atoms with Gasteiger partial charge in [-0.05, 0) is 38.5 Å². The Bertz CT molecular complexity index is 870. The van der Waals surface area contributed by atoms with E-state index in [2.05, 4.69) is 15.7 Å². The number of anilines is 1. The summed E-state index contributed by atoms with van der Waals surface area (Å²) in [4.78, 5) is 24.7. The third-order valence-corrected chi connectivity index (χ3v) is 5.18. The molecule has 27 heavy (non-hydrogen) atoms. The molecule has 7 nitrogen and oxygen atoms in total. The lowest BCUT2D eigenvalue weighted by atomic mass is 10.1. The number of hydrogen-bond donors (Lipinski definition) is 2. The van der Waals surface area contributed by atoms with E-state index in [4.69, 9.17) is 4.74 Å². The zero-order valence-corrected chi connectivity index (χ0v) is 16.8. The molecule has 0 bridgehead atoms. The average molecular weight is 388 g/mol. The largest absolute Gasteiger partial charge is 0.497 e. The van der Waals surface area contributed by atoms with Crippen molar-refractivity contribution in [3.8, 4) is 5.75 Å². The van der Waals surface area contributed by atoms with Crippen LogP contribution < -0.4 is 15.4 Å². The van der Waals surface area contributed by atoms with Crippen molar-refractivity contribution >= 4 is 29.4 Å². The first-order valence-electron chi connectivity index (χ1n) is 8.70. The molecule has 2 amide bonds. The van der Waals surface area contributed by atoms with Gasteiger partial charge in [0.25, 0.3) is 0 Å². The van der Waals surface area contributed by atoms with Gasteiger partial charge in [-0.1, -0.05) is 12.1 Å². The van der Waals surface area contributed by atoms with Crippen LogP contribution in [0.3, 0.4) is 0 Å². The standard InChI is InChI=1S/C19H24N4O3S/c1-19(2,3)23-16(14-10-27-11-15(14)22-23)21-18(25)17(24)20-9-12-6-5-7-13(8-12)26-4/h5-8H,9-11H2,1-4H3,(H,20,24)(H,21,25). The maximum atomic E-state index is 12.4. The van der Waals surface area contributed by atoms with Gasteiger partial charge in [0.05, 0.1) is 18.3 Å². The molecule has 1 aromatic heterocycles. The van der Waals surface area contributed by atoms with Crippen LogP contribution in [0.2, 0.25) is 0 Å². The van der Waals surface area contributed by atoms with Crippen LogP contribution in [0.5, 0.6) is 5.75 Å². The fourth-order valence-corrected chi connectivity index (χ4v) is 3.87. The molecule has 144 valence electrons. The summed E-state index contributed by atoms with van der Waals surface area (Å²) in [6, 6.07) is 7.34. The number of carbonyl (C=O) groups excluding carboxylic acids is 2. The lowest BCUT2D eigenvalue weighted by molar-refractivity contribution is -0.136. The summed E-state index contributed by atoms with van der Waals surface area (Å²) in [6.07, 6.45) is 0. The van der Waals surface area contributed by atoms with Crippen LogP contribution in [0.15, 0.2) is 24.3 Å². The summed E-state index contributed by atoms with van der Waals surface area (Å²) in [7, 11) is 1.58. The van der Waals surface area contributed by atoms with Gasteiger partial charge in [-0.15, -0.1) is 0 Å². The fourth-order valence-electron chi connectivity index (χ4n) is 2.84. The first-order valence-corrected chi connectivity index (χ1v) is 9.86. The maximum Gasteiger partial charge on any atom is 0.314 e. The highest BCUT2D eigenvalue weighted by molar-refractivity contribution is 7.98. The quantitative estimate of drug-likeness (QED) is 0.787. The van der Waals surface area contributed by atoms with Gasteiger partial charge in [-0.3, -0.25) is 9.59 Å². The predicted molar refractivity (Wildman–Crippen MR) is 106 cm³/mol. The number of nitrogens with one attached hydrogen (secondary N) is 2. The maximum absolute atomic E-state index is 12.4. The van der Waals surface area contributed by atoms with Crippen molar-refractivity contribution in [2.24, 2.45) is 0 Å². The molecule has 0 atom stereocenters. The van der Waals surface area contributed by atoms with E-state index in [0.29, 0.717) is 11.6 Å². The number of benzene rings is 1. The van der Waals surface area contributed by atoms with Gasteiger partial charge in [0.2, 0.25) is 0 Å². The zero-order valence-electron chi connectivity index (χ0n) is 16.0. The predicted octanol–water partition coefficient (Wildman–Crippen LogP) is 2.65. The number of rotatable bonds is 4. The van der Waals surface area contributed by atoms with E-state index >= 15 is 0 Å². The van der Waals surface area contributed by atoms with E-state index in [1.54, 1.807) is 23.6 Å². The Hall–Kier alpha value is -2.48. The van der Waals surface area contributed by atoms with Gasteiger partial charge in [-0.2, -0.15) is 16.9 Å². The molecule has 0 radical (unpaired) electrons. The van der Waals surface area contributed by atoms with Crippen LogP contribution in [0.4, 0.5) is 5.82 Å². The second kappa shape index (κ2) is 7.64. The van der Waals surface area contributed by atoms with Crippen LogP contribution in [-0.4, -0.2) is 28.7 Å². The summed E-state index contributed by atoms with van der Waals surface area (Å²) in [5, 5.41) is 10.0. The molecule has 0 unspecified atom stereocenters. The van der Waals surface area contributed by atoms with E-state index in [1.807, 2.05) is 45.0 Å². The number of ether oxygens (including phenoxy) is 1. The topological polar surface area (TPSA) is 85.2 Å². The molecule has 1 aliphatic heterocycles. The van der Waals surface area contributed by atoms with E-state index in [9.17, 15) is 9.59 Å². The Morgan fingerprint density at radius 1 is 1.26 bits per heavy atom. The third kappa shape index (κ3) is 4.27. The van der Waals surface area contributed by atoms with Crippen LogP contribution >= 0.6 is 11.8 Å². The normalized spacial score (nSPS) is 13.2. The van der Waals surface area contributed by atoms with Crippen molar-refractivity contribution in [1.29, 1.82) is 0 Å². The molecule has 0 aliphatic carbocycles. The van der Waals surface area contributed by atoms with Crippen molar-refractivity contribution in [2.75, 3.05) is 12.4 Å². The van der Waals surface area contributed by atoms with Crippen molar-refractivity contribution in [3.05, 3.63) is 41.1 Å². The lowest BCUT2D eigenvalue weighted by Gasteiger charge is -2.23. The Balaban J connectivity index is 1.69. The summed E-state index contributed by atoms with van der Waals surface area (Å²) in [6.45, 7) is 6.29. The lowest BCUT2D eigenvalue weighted by Crippen LogP contribution is -2.36. The molecule has 8 heteroatoms. The fraction of sp³-hybridized carbons (Fsp3) is 0.421. The molecule has 3 rings (SSSR count). The number of fused-ring (bicyclic) bond motifs is 1. The minimum atomic E-state index is -0.692. The summed E-state index contributed by atoms with van der Waals surface area (Å²) >= 11 is 1.75. The number of methoxy groups -OCH3 is 1. The van der Waals surface area contributed by atoms with Gasteiger partial charge in [0, 0.05) is 23.6 Å². The molecule has 0 spiro atoms. The Labute approximate surface area is 162 Å². The van der Waals surface area contributed by atoms with E-state index < -0.39 is 11.8 Å². The van der Waals surface area contributed by atoms with Crippen LogP contribution in [0, 0.1) is 0 Å². The minimum Gasteiger partial charge on any atom is -0.497 e. The van der Waals surface area contributed by atoms with Crippen molar-refractivity contribution in [3.63, 3.8) is 0 Å². The van der Waals surface area contributed by atoms with Gasteiger partial charge >= 0.3 is 11.8 Å². The van der Waals surface area contributed by atoms with Gasteiger partial charge < -0.3 is 15.4 Å². The number of aromatic nitrogens is 2. The van der Waals surface area contributed by atoms with Crippen LogP contribution in [0.1, 0.15) is 37.6 Å². The van der Waals surface area contributed by atoms with E-state index in [1.165, 1.54) is 0 Å². The minimum absolute atomic E-state index is 0.246. The van der Waals surface area contributed by atoms with Gasteiger partial charge in [-0.25, -0.2) is 4.68 Å². The Morgan fingerprint density at radius 3 is 2.74 bits per heavy atom. The molecule has 2 heterocycles. The summed E-state index contributed by atoms with van der Waals surface area (Å²) < 4.78 is 6.96. The Morgan fingerprint density at radius 2 is 2.04 bits per heavy atom. The molecular formula is C19H24N4O3S. The highest BCUT2D eigenvalue weighted by atomic mass is 32.2. The molecule has 0 saturated carbocycles. The van der Waals surface area contributed by atoms with E-state index in [-0.39, 0.29) is 12.1 Å². The first kappa shape index (κ1) is 19.3. The first-order chi connectivity index (χ1) is 12.8. The monoisotopic (exact) mass is 388 g/mol. The highest BCUT2D eigenvalue weighted by Crippen LogP contribution is 2.37. The number of hydrogen-bond acceptors (Lipinski definition) is 5. The molecule has 0 fully saturated rings. The molecule has 2 aromatic rings. The van der Waals surface area contributed by atoms with Crippen molar-refractivity contribution in [2.45, 2.75) is 44.4 Å². The highest BCUT2D eigenvalue weighted by Gasteiger charge is 2.29. The molecule has 1 aliphatic rings. The second-order valence-corrected chi connectivity index (χ2v) is 8.32. The van der Waals surface area contributed by atoms with Crippen molar-refractivity contribution < 1.29 is 14.3 Å². The van der Waals surface area contributed by atoms with Gasteiger partial charge in [0.15, 0.2) is 0 Å². The molecule has 1 aromatic carbocycles. The summed E-state index contributed by atoms with van der Waals surface area (Å²) in [5.41, 5.74) is 2.53. The van der Waals surface area contributed by atoms with Gasteiger partial charge in [0.1, 0.15) is 11.6 Å². The average Bonchev–Trinajstić information content (AvgIpc) is 3.22. The van der Waals surface area contributed by atoms with Crippen LogP contribution in [0.25, 0.3) is 0 Å². The number of thioether (sulfide) groups is 1. The number of nitrogens with zero attached hydrogens (tertiary/aromatic N) is 2. The summed E-state index contributed by atoms with van der Waals surface area (Å²) in [5.74, 6) is 1.55. The number of carbonyl (C=O) groups is 2. The Kier molecular flexibility index (Phi) is 5.46. The molecule has 0 saturated heterocycles. The smallest absolute Gasteiger partial charge is 0.314 e. The zero-order chi connectivity index (χ0) is 19.6. The van der Waals surface area contributed by atoms with E-state index in [0.717, 1.165) is 28.3 Å². The SMILES string of the molecule is COc1cccc(CNC(=O)C(=O)Nc2c3c(nn2C(C)(C)C)CSC3)c1. The third-order valence-electron chi connectivity index (χ3n) is 4.21. The second-order valence-electron chi connectivity index (χ2n) is 7.34. The molecular weight excluding hydrogens is 364 g/mol.